The minimum absolute atomic E-state index is 0.0937. The van der Waals surface area contributed by atoms with E-state index >= 15 is 0 Å². The Morgan fingerprint density at radius 1 is 1.36 bits per heavy atom. The smallest absolute Gasteiger partial charge is 0.223 e. The molecule has 0 aromatic heterocycles. The van der Waals surface area contributed by atoms with Gasteiger partial charge in [0.15, 0.2) is 5.60 Å². The molecule has 1 aromatic carbocycles. The number of carbonyl (C=O) groups excluding carboxylic acids is 1. The fourth-order valence-electron chi connectivity index (χ4n) is 4.39. The van der Waals surface area contributed by atoms with E-state index in [-0.39, 0.29) is 18.1 Å². The number of likely N-dealkylation sites (tertiary alicyclic amines) is 1. The molecule has 132 valence electrons. The van der Waals surface area contributed by atoms with Gasteiger partial charge in [0.25, 0.3) is 0 Å². The Morgan fingerprint density at radius 2 is 2.16 bits per heavy atom. The van der Waals surface area contributed by atoms with E-state index in [1.807, 2.05) is 37.8 Å². The first-order valence-electron chi connectivity index (χ1n) is 8.75. The Morgan fingerprint density at radius 3 is 2.76 bits per heavy atom. The first-order chi connectivity index (χ1) is 11.9. The number of rotatable bonds is 1. The van der Waals surface area contributed by atoms with Crippen LogP contribution in [0.25, 0.3) is 0 Å². The van der Waals surface area contributed by atoms with Crippen LogP contribution in [-0.4, -0.2) is 34.7 Å². The third kappa shape index (κ3) is 2.26. The molecule has 4 rings (SSSR count). The largest absolute Gasteiger partial charge is 0.484 e. The molecule has 0 aliphatic carbocycles. The van der Waals surface area contributed by atoms with Gasteiger partial charge in [-0.3, -0.25) is 4.79 Å². The van der Waals surface area contributed by atoms with E-state index < -0.39 is 11.2 Å². The summed E-state index contributed by atoms with van der Waals surface area (Å²) in [6.45, 7) is 6.58. The number of nitriles is 1. The molecule has 2 fully saturated rings. The highest BCUT2D eigenvalue weighted by molar-refractivity contribution is 5.79. The summed E-state index contributed by atoms with van der Waals surface area (Å²) >= 11 is 0. The minimum atomic E-state index is -0.812. The standard InChI is InChI=1S/C19H22N2O4/c1-12-10-19(25-24-12)17(21-8-4-5-16(21)22)14-9-13(11-20)6-7-15(14)23-18(19,2)3/h6-7,9,12,17H,4-5,8,10H2,1-3H3. The highest BCUT2D eigenvalue weighted by atomic mass is 17.2. The molecule has 3 unspecified atom stereocenters. The highest BCUT2D eigenvalue weighted by Gasteiger charge is 2.64. The predicted molar refractivity (Wildman–Crippen MR) is 88.5 cm³/mol. The van der Waals surface area contributed by atoms with E-state index in [1.54, 1.807) is 6.07 Å². The van der Waals surface area contributed by atoms with Gasteiger partial charge in [0.05, 0.1) is 23.8 Å². The fourth-order valence-corrected chi connectivity index (χ4v) is 4.39. The van der Waals surface area contributed by atoms with Crippen molar-refractivity contribution in [1.29, 1.82) is 5.26 Å². The molecule has 6 nitrogen and oxygen atoms in total. The van der Waals surface area contributed by atoms with Crippen molar-refractivity contribution in [3.05, 3.63) is 29.3 Å². The maximum atomic E-state index is 12.6. The Labute approximate surface area is 147 Å². The van der Waals surface area contributed by atoms with Crippen LogP contribution in [0.3, 0.4) is 0 Å². The van der Waals surface area contributed by atoms with Gasteiger partial charge in [-0.1, -0.05) is 0 Å². The average molecular weight is 342 g/mol. The molecule has 0 bridgehead atoms. The zero-order chi connectivity index (χ0) is 17.8. The molecule has 3 heterocycles. The second-order valence-corrected chi connectivity index (χ2v) is 7.65. The van der Waals surface area contributed by atoms with Crippen LogP contribution in [0.15, 0.2) is 18.2 Å². The molecule has 2 saturated heterocycles. The van der Waals surface area contributed by atoms with Gasteiger partial charge in [-0.2, -0.15) is 5.26 Å². The Hall–Kier alpha value is -2.10. The lowest BCUT2D eigenvalue weighted by molar-refractivity contribution is -0.363. The molecule has 25 heavy (non-hydrogen) atoms. The summed E-state index contributed by atoms with van der Waals surface area (Å²) in [4.78, 5) is 25.9. The summed E-state index contributed by atoms with van der Waals surface area (Å²) in [6.07, 6.45) is 1.89. The summed E-state index contributed by atoms with van der Waals surface area (Å²) in [7, 11) is 0. The van der Waals surface area contributed by atoms with Crippen molar-refractivity contribution in [3.63, 3.8) is 0 Å². The maximum Gasteiger partial charge on any atom is 0.223 e. The fraction of sp³-hybridized carbons (Fsp3) is 0.579. The van der Waals surface area contributed by atoms with E-state index in [0.717, 1.165) is 12.0 Å². The van der Waals surface area contributed by atoms with Crippen molar-refractivity contribution < 1.29 is 19.3 Å². The number of fused-ring (bicyclic) bond motifs is 1. The van der Waals surface area contributed by atoms with Crippen LogP contribution in [0, 0.1) is 11.3 Å². The van der Waals surface area contributed by atoms with Crippen molar-refractivity contribution in [1.82, 2.24) is 4.90 Å². The molecule has 3 aliphatic heterocycles. The minimum Gasteiger partial charge on any atom is -0.484 e. The number of benzene rings is 1. The van der Waals surface area contributed by atoms with Crippen LogP contribution >= 0.6 is 0 Å². The third-order valence-electron chi connectivity index (χ3n) is 5.63. The van der Waals surface area contributed by atoms with Crippen LogP contribution in [0.2, 0.25) is 0 Å². The molecular formula is C19H22N2O4. The Kier molecular flexibility index (Phi) is 3.57. The number of amides is 1. The van der Waals surface area contributed by atoms with E-state index in [4.69, 9.17) is 14.5 Å². The van der Waals surface area contributed by atoms with Crippen molar-refractivity contribution in [2.75, 3.05) is 6.54 Å². The van der Waals surface area contributed by atoms with Crippen molar-refractivity contribution in [2.45, 2.75) is 63.4 Å². The lowest BCUT2D eigenvalue weighted by Crippen LogP contribution is -2.63. The van der Waals surface area contributed by atoms with Crippen molar-refractivity contribution in [3.8, 4) is 11.8 Å². The van der Waals surface area contributed by atoms with Gasteiger partial charge in [0.1, 0.15) is 11.4 Å². The monoisotopic (exact) mass is 342 g/mol. The van der Waals surface area contributed by atoms with Gasteiger partial charge >= 0.3 is 0 Å². The Balaban J connectivity index is 1.93. The van der Waals surface area contributed by atoms with E-state index in [0.29, 0.717) is 30.7 Å². The van der Waals surface area contributed by atoms with Gasteiger partial charge in [-0.15, -0.1) is 0 Å². The van der Waals surface area contributed by atoms with Gasteiger partial charge in [0, 0.05) is 24.9 Å². The summed E-state index contributed by atoms with van der Waals surface area (Å²) in [5.74, 6) is 0.806. The maximum absolute atomic E-state index is 12.6. The summed E-state index contributed by atoms with van der Waals surface area (Å²) in [6, 6.07) is 7.21. The molecule has 1 amide bonds. The van der Waals surface area contributed by atoms with Crippen molar-refractivity contribution >= 4 is 5.91 Å². The highest BCUT2D eigenvalue weighted by Crippen LogP contribution is 2.56. The van der Waals surface area contributed by atoms with Crippen LogP contribution in [0.4, 0.5) is 0 Å². The van der Waals surface area contributed by atoms with E-state index in [1.165, 1.54) is 0 Å². The van der Waals surface area contributed by atoms with Crippen LogP contribution in [0.1, 0.15) is 57.2 Å². The predicted octanol–water partition coefficient (Wildman–Crippen LogP) is 2.87. The van der Waals surface area contributed by atoms with E-state index in [9.17, 15) is 10.1 Å². The number of hydrogen-bond donors (Lipinski definition) is 0. The van der Waals surface area contributed by atoms with Gasteiger partial charge in [-0.25, -0.2) is 9.78 Å². The summed E-state index contributed by atoms with van der Waals surface area (Å²) in [5.41, 5.74) is -0.132. The lowest BCUT2D eigenvalue weighted by Gasteiger charge is -2.52. The molecule has 3 aliphatic rings. The molecule has 1 aromatic rings. The Bertz CT molecular complexity index is 769. The lowest BCUT2D eigenvalue weighted by atomic mass is 9.70. The topological polar surface area (TPSA) is 71.8 Å². The zero-order valence-electron chi connectivity index (χ0n) is 14.7. The zero-order valence-corrected chi connectivity index (χ0v) is 14.7. The van der Waals surface area contributed by atoms with Gasteiger partial charge in [-0.05, 0) is 45.4 Å². The SMILES string of the molecule is CC1CC2(OO1)C(N1CCCC1=O)c1cc(C#N)ccc1OC2(C)C. The number of hydrogen-bond acceptors (Lipinski definition) is 5. The number of ether oxygens (including phenoxy) is 1. The van der Waals surface area contributed by atoms with Crippen LogP contribution < -0.4 is 4.74 Å². The quantitative estimate of drug-likeness (QED) is 0.734. The first kappa shape index (κ1) is 16.4. The summed E-state index contributed by atoms with van der Waals surface area (Å²) in [5, 5.41) is 9.32. The summed E-state index contributed by atoms with van der Waals surface area (Å²) < 4.78 is 6.28. The van der Waals surface area contributed by atoms with Crippen LogP contribution in [-0.2, 0) is 14.6 Å². The van der Waals surface area contributed by atoms with Crippen LogP contribution in [0.5, 0.6) is 5.75 Å². The molecule has 6 heteroatoms. The number of carbonyl (C=O) groups is 1. The molecule has 0 N–H and O–H groups in total. The normalized spacial score (nSPS) is 33.2. The second kappa shape index (κ2) is 5.45. The van der Waals surface area contributed by atoms with E-state index in [2.05, 4.69) is 6.07 Å². The molecular weight excluding hydrogens is 320 g/mol. The first-order valence-corrected chi connectivity index (χ1v) is 8.75. The molecule has 0 saturated carbocycles. The average Bonchev–Trinajstić information content (AvgIpc) is 3.16. The molecule has 1 spiro atoms. The van der Waals surface area contributed by atoms with Gasteiger partial charge < -0.3 is 9.64 Å². The number of nitrogens with zero attached hydrogens (tertiary/aromatic N) is 2. The second-order valence-electron chi connectivity index (χ2n) is 7.65. The molecule has 3 atom stereocenters. The van der Waals surface area contributed by atoms with Gasteiger partial charge in [0.2, 0.25) is 5.91 Å². The van der Waals surface area contributed by atoms with Crippen molar-refractivity contribution in [2.24, 2.45) is 0 Å². The third-order valence-corrected chi connectivity index (χ3v) is 5.63. The molecule has 0 radical (unpaired) electrons.